The van der Waals surface area contributed by atoms with E-state index in [2.05, 4.69) is 10.3 Å². The van der Waals surface area contributed by atoms with Crippen molar-refractivity contribution in [3.63, 3.8) is 0 Å². The molecule has 1 heterocycles. The molecule has 0 aliphatic carbocycles. The molecule has 0 fully saturated rings. The lowest BCUT2D eigenvalue weighted by molar-refractivity contribution is -0.143. The van der Waals surface area contributed by atoms with Gasteiger partial charge in [0.05, 0.1) is 5.56 Å². The monoisotopic (exact) mass is 456 g/mol. The smallest absolute Gasteiger partial charge is 0.434 e. The Morgan fingerprint density at radius 3 is 2.42 bits per heavy atom. The Morgan fingerprint density at radius 2 is 1.84 bits per heavy atom. The molecule has 0 aliphatic heterocycles. The second kappa shape index (κ2) is 8.14. The molecule has 11 heteroatoms. The first-order valence-corrected chi connectivity index (χ1v) is 9.69. The van der Waals surface area contributed by atoms with E-state index in [4.69, 9.17) is 4.74 Å². The van der Waals surface area contributed by atoms with Gasteiger partial charge in [-0.1, -0.05) is 24.3 Å². The van der Waals surface area contributed by atoms with Crippen molar-refractivity contribution in [3.05, 3.63) is 57.8 Å². The van der Waals surface area contributed by atoms with Crippen molar-refractivity contribution in [3.8, 4) is 5.75 Å². The Morgan fingerprint density at radius 1 is 1.19 bits per heavy atom. The highest BCUT2D eigenvalue weighted by Gasteiger charge is 2.34. The van der Waals surface area contributed by atoms with Gasteiger partial charge in [-0.25, -0.2) is 14.2 Å². The first-order valence-electron chi connectivity index (χ1n) is 8.81. The third-order valence-corrected chi connectivity index (χ3v) is 5.15. The normalized spacial score (nSPS) is 12.1. The second-order valence-corrected chi connectivity index (χ2v) is 8.02. The number of carbonyl (C=O) groups excluding carboxylic acids is 1. The Bertz CT molecular complexity index is 1160. The van der Waals surface area contributed by atoms with Gasteiger partial charge in [0.25, 0.3) is 5.91 Å². The number of fused-ring (bicyclic) bond motifs is 1. The van der Waals surface area contributed by atoms with Crippen LogP contribution in [-0.4, -0.2) is 27.5 Å². The third kappa shape index (κ3) is 4.76. The van der Waals surface area contributed by atoms with Crippen molar-refractivity contribution >= 4 is 34.0 Å². The molecule has 2 N–H and O–H groups in total. The number of halogens is 4. The molecule has 0 atom stereocenters. The van der Waals surface area contributed by atoms with Crippen LogP contribution < -0.4 is 10.1 Å². The molecule has 0 spiro atoms. The third-order valence-electron chi connectivity index (χ3n) is 4.33. The molecule has 6 nitrogen and oxygen atoms in total. The SMILES string of the molecule is CC(C)(NC(=O)c1cc(F)c2ccccc2c1OCc1nc(C(F)(F)F)cs1)C(=O)O. The first-order chi connectivity index (χ1) is 14.4. The first kappa shape index (κ1) is 22.5. The van der Waals surface area contributed by atoms with E-state index in [1.807, 2.05) is 0 Å². The summed E-state index contributed by atoms with van der Waals surface area (Å²) in [5.74, 6) is -3.07. The number of rotatable bonds is 6. The zero-order valence-corrected chi connectivity index (χ0v) is 17.0. The summed E-state index contributed by atoms with van der Waals surface area (Å²) in [6.45, 7) is 2.10. The number of ether oxygens (including phenoxy) is 1. The van der Waals surface area contributed by atoms with E-state index in [1.54, 1.807) is 12.1 Å². The summed E-state index contributed by atoms with van der Waals surface area (Å²) in [4.78, 5) is 27.5. The molecule has 3 rings (SSSR count). The number of carboxylic acid groups (broad SMARTS) is 1. The van der Waals surface area contributed by atoms with E-state index in [-0.39, 0.29) is 27.1 Å². The van der Waals surface area contributed by atoms with Crippen LogP contribution in [0.25, 0.3) is 10.8 Å². The van der Waals surface area contributed by atoms with Gasteiger partial charge in [0.1, 0.15) is 28.7 Å². The van der Waals surface area contributed by atoms with Crippen LogP contribution in [0.4, 0.5) is 17.6 Å². The Balaban J connectivity index is 2.01. The minimum Gasteiger partial charge on any atom is -0.485 e. The fourth-order valence-electron chi connectivity index (χ4n) is 2.67. The summed E-state index contributed by atoms with van der Waals surface area (Å²) >= 11 is 0.724. The predicted octanol–water partition coefficient (Wildman–Crippen LogP) is 4.63. The zero-order chi connectivity index (χ0) is 23.0. The molecule has 31 heavy (non-hydrogen) atoms. The quantitative estimate of drug-likeness (QED) is 0.528. The average Bonchev–Trinajstić information content (AvgIpc) is 3.16. The van der Waals surface area contributed by atoms with Crippen LogP contribution in [0.3, 0.4) is 0 Å². The lowest BCUT2D eigenvalue weighted by Crippen LogP contribution is -2.49. The average molecular weight is 456 g/mol. The Hall–Kier alpha value is -3.21. The van der Waals surface area contributed by atoms with Gasteiger partial charge in [0, 0.05) is 16.2 Å². The van der Waals surface area contributed by atoms with Crippen molar-refractivity contribution in [1.82, 2.24) is 10.3 Å². The molecule has 0 aliphatic rings. The maximum atomic E-state index is 14.6. The van der Waals surface area contributed by atoms with E-state index in [0.717, 1.165) is 22.8 Å². The van der Waals surface area contributed by atoms with Gasteiger partial charge in [-0.05, 0) is 19.9 Å². The molecule has 0 saturated heterocycles. The molecule has 0 radical (unpaired) electrons. The maximum absolute atomic E-state index is 14.6. The van der Waals surface area contributed by atoms with Gasteiger partial charge in [0.15, 0.2) is 5.69 Å². The number of nitrogens with one attached hydrogen (secondary N) is 1. The van der Waals surface area contributed by atoms with Crippen molar-refractivity contribution in [1.29, 1.82) is 0 Å². The van der Waals surface area contributed by atoms with Crippen LogP contribution >= 0.6 is 11.3 Å². The molecular weight excluding hydrogens is 440 g/mol. The van der Waals surface area contributed by atoms with E-state index >= 15 is 0 Å². The molecule has 1 aromatic heterocycles. The summed E-state index contributed by atoms with van der Waals surface area (Å²) < 4.78 is 58.5. The Kier molecular flexibility index (Phi) is 5.90. The topological polar surface area (TPSA) is 88.5 Å². The summed E-state index contributed by atoms with van der Waals surface area (Å²) in [6, 6.07) is 6.97. The largest absolute Gasteiger partial charge is 0.485 e. The van der Waals surface area contributed by atoms with E-state index < -0.39 is 41.7 Å². The van der Waals surface area contributed by atoms with Gasteiger partial charge in [-0.3, -0.25) is 4.79 Å². The molecule has 3 aromatic rings. The molecule has 164 valence electrons. The van der Waals surface area contributed by atoms with E-state index in [0.29, 0.717) is 0 Å². The number of amides is 1. The van der Waals surface area contributed by atoms with E-state index in [9.17, 15) is 32.3 Å². The highest BCUT2D eigenvalue weighted by atomic mass is 32.1. The predicted molar refractivity (Wildman–Crippen MR) is 105 cm³/mol. The fourth-order valence-corrected chi connectivity index (χ4v) is 3.39. The minimum absolute atomic E-state index is 0.00189. The van der Waals surface area contributed by atoms with Crippen molar-refractivity contribution in [2.45, 2.75) is 32.2 Å². The summed E-state index contributed by atoms with van der Waals surface area (Å²) in [5, 5.41) is 12.7. The number of hydrogen-bond acceptors (Lipinski definition) is 5. The number of benzene rings is 2. The van der Waals surface area contributed by atoms with Crippen LogP contribution in [-0.2, 0) is 17.6 Å². The zero-order valence-electron chi connectivity index (χ0n) is 16.2. The number of alkyl halides is 3. The summed E-state index contributed by atoms with van der Waals surface area (Å²) in [6.07, 6.45) is -4.61. The molecule has 0 unspecified atom stereocenters. The highest BCUT2D eigenvalue weighted by molar-refractivity contribution is 7.09. The minimum atomic E-state index is -4.61. The van der Waals surface area contributed by atoms with E-state index in [1.165, 1.54) is 26.0 Å². The van der Waals surface area contributed by atoms with Gasteiger partial charge >= 0.3 is 12.1 Å². The number of carboxylic acids is 1. The number of hydrogen-bond donors (Lipinski definition) is 2. The van der Waals surface area contributed by atoms with Gasteiger partial charge in [0.2, 0.25) is 0 Å². The molecule has 2 aromatic carbocycles. The number of aliphatic carboxylic acids is 1. The van der Waals surface area contributed by atoms with Gasteiger partial charge < -0.3 is 15.2 Å². The lowest BCUT2D eigenvalue weighted by Gasteiger charge is -2.22. The fraction of sp³-hybridized carbons (Fsp3) is 0.250. The van der Waals surface area contributed by atoms with Gasteiger partial charge in [-0.2, -0.15) is 13.2 Å². The maximum Gasteiger partial charge on any atom is 0.434 e. The Labute approximate surface area is 177 Å². The van der Waals surface area contributed by atoms with Gasteiger partial charge in [-0.15, -0.1) is 11.3 Å². The standard InChI is InChI=1S/C20H16F4N2O4S/c1-19(2,18(28)29)26-17(27)12-7-13(21)10-5-3-4-6-11(10)16(12)30-8-15-25-14(9-31-15)20(22,23)24/h3-7,9H,8H2,1-2H3,(H,26,27)(H,28,29). The molecular formula is C20H16F4N2O4S. The number of thiazole rings is 1. The summed E-state index contributed by atoms with van der Waals surface area (Å²) in [5.41, 5.74) is -3.02. The molecule has 0 bridgehead atoms. The molecule has 1 amide bonds. The number of nitrogens with zero attached hydrogens (tertiary/aromatic N) is 1. The lowest BCUT2D eigenvalue weighted by atomic mass is 10.0. The van der Waals surface area contributed by atoms with Crippen molar-refractivity contribution in [2.75, 3.05) is 0 Å². The number of carbonyl (C=O) groups is 2. The van der Waals surface area contributed by atoms with Crippen molar-refractivity contribution < 1.29 is 37.0 Å². The van der Waals surface area contributed by atoms with Crippen LogP contribution in [0.2, 0.25) is 0 Å². The summed E-state index contributed by atoms with van der Waals surface area (Å²) in [7, 11) is 0. The van der Waals surface area contributed by atoms with Crippen LogP contribution in [0.5, 0.6) is 5.75 Å². The van der Waals surface area contributed by atoms with Crippen LogP contribution in [0.1, 0.15) is 34.9 Å². The molecule has 0 saturated carbocycles. The highest BCUT2D eigenvalue weighted by Crippen LogP contribution is 2.34. The number of aromatic nitrogens is 1. The second-order valence-electron chi connectivity index (χ2n) is 7.08. The van der Waals surface area contributed by atoms with Crippen LogP contribution in [0, 0.1) is 5.82 Å². The van der Waals surface area contributed by atoms with Crippen LogP contribution in [0.15, 0.2) is 35.7 Å². The van der Waals surface area contributed by atoms with Crippen molar-refractivity contribution in [2.24, 2.45) is 0 Å².